The van der Waals surface area contributed by atoms with Gasteiger partial charge in [-0.3, -0.25) is 4.79 Å². The lowest BCUT2D eigenvalue weighted by Gasteiger charge is -2.26. The molecule has 3 rings (SSSR count). The maximum Gasteiger partial charge on any atom is 0.416 e. The number of aromatic nitrogens is 1. The number of carbonyl (C=O) groups is 1. The highest BCUT2D eigenvalue weighted by Crippen LogP contribution is 2.34. The van der Waals surface area contributed by atoms with Gasteiger partial charge in [0.05, 0.1) is 5.56 Å². The topological polar surface area (TPSA) is 36.1 Å². The van der Waals surface area contributed by atoms with Crippen molar-refractivity contribution in [3.05, 3.63) is 35.0 Å². The van der Waals surface area contributed by atoms with Crippen LogP contribution in [0.25, 0.3) is 10.9 Å². The Bertz CT molecular complexity index is 693. The summed E-state index contributed by atoms with van der Waals surface area (Å²) in [6.07, 6.45) is -3.81. The summed E-state index contributed by atoms with van der Waals surface area (Å²) < 4.78 is 38.3. The largest absolute Gasteiger partial charge is 0.416 e. The van der Waals surface area contributed by atoms with E-state index in [-0.39, 0.29) is 6.54 Å². The number of H-pyrrole nitrogens is 1. The predicted octanol–water partition coefficient (Wildman–Crippen LogP) is 2.83. The highest BCUT2D eigenvalue weighted by atomic mass is 19.4. The fourth-order valence-electron chi connectivity index (χ4n) is 2.58. The number of rotatable bonds is 0. The fraction of sp³-hybridized carbons (Fsp3) is 0.308. The second-order valence-electron chi connectivity index (χ2n) is 4.85. The summed E-state index contributed by atoms with van der Waals surface area (Å²) in [5.74, 6) is -0.558. The number of hydrogen-bond donors (Lipinski definition) is 1. The van der Waals surface area contributed by atoms with Crippen LogP contribution in [0.2, 0.25) is 0 Å². The van der Waals surface area contributed by atoms with Crippen LogP contribution in [0.15, 0.2) is 18.2 Å². The normalized spacial score (nSPS) is 15.4. The van der Waals surface area contributed by atoms with E-state index in [0.29, 0.717) is 23.9 Å². The maximum atomic E-state index is 12.8. The van der Waals surface area contributed by atoms with Gasteiger partial charge in [0.1, 0.15) is 0 Å². The number of hydrogen-bond acceptors (Lipinski definition) is 1. The van der Waals surface area contributed by atoms with Gasteiger partial charge in [0.2, 0.25) is 7.85 Å². The molecule has 0 bridgehead atoms. The average Bonchev–Trinajstić information content (AvgIpc) is 2.74. The molecule has 0 fully saturated rings. The number of benzene rings is 1. The quantitative estimate of drug-likeness (QED) is 0.739. The van der Waals surface area contributed by atoms with Crippen molar-refractivity contribution in [1.29, 1.82) is 0 Å². The van der Waals surface area contributed by atoms with Gasteiger partial charge in [-0.1, -0.05) is 0 Å². The van der Waals surface area contributed by atoms with Gasteiger partial charge in [0, 0.05) is 41.7 Å². The van der Waals surface area contributed by atoms with Gasteiger partial charge in [-0.2, -0.15) is 13.2 Å². The van der Waals surface area contributed by atoms with Crippen molar-refractivity contribution in [3.63, 3.8) is 0 Å². The third kappa shape index (κ3) is 2.07. The zero-order valence-electron chi connectivity index (χ0n) is 10.4. The van der Waals surface area contributed by atoms with Crippen LogP contribution in [0.3, 0.4) is 0 Å². The molecule has 102 valence electrons. The minimum absolute atomic E-state index is 0.242. The first-order valence-electron chi connectivity index (χ1n) is 6.11. The molecule has 0 atom stereocenters. The lowest BCUT2D eigenvalue weighted by atomic mass is 10.00. The van der Waals surface area contributed by atoms with E-state index in [1.54, 1.807) is 0 Å². The maximum absolute atomic E-state index is 12.8. The number of fused-ring (bicyclic) bond motifs is 3. The van der Waals surface area contributed by atoms with E-state index in [4.69, 9.17) is 7.85 Å². The van der Waals surface area contributed by atoms with Crippen LogP contribution in [0.1, 0.15) is 16.8 Å². The van der Waals surface area contributed by atoms with E-state index in [0.717, 1.165) is 23.4 Å². The Morgan fingerprint density at radius 3 is 2.75 bits per heavy atom. The van der Waals surface area contributed by atoms with Crippen LogP contribution in [-0.4, -0.2) is 30.1 Å². The second-order valence-corrected chi connectivity index (χ2v) is 4.85. The van der Waals surface area contributed by atoms with Crippen molar-refractivity contribution < 1.29 is 18.0 Å². The third-order valence-electron chi connectivity index (χ3n) is 3.61. The molecule has 1 aromatic carbocycles. The number of halogens is 3. The third-order valence-corrected chi connectivity index (χ3v) is 3.61. The van der Waals surface area contributed by atoms with E-state index >= 15 is 0 Å². The first-order valence-corrected chi connectivity index (χ1v) is 6.11. The Morgan fingerprint density at radius 2 is 2.10 bits per heavy atom. The van der Waals surface area contributed by atoms with Crippen LogP contribution >= 0.6 is 0 Å². The zero-order chi connectivity index (χ0) is 14.5. The highest BCUT2D eigenvalue weighted by Gasteiger charge is 2.31. The molecule has 20 heavy (non-hydrogen) atoms. The van der Waals surface area contributed by atoms with Crippen LogP contribution < -0.4 is 0 Å². The van der Waals surface area contributed by atoms with Crippen molar-refractivity contribution in [3.8, 4) is 0 Å². The molecule has 7 heteroatoms. The zero-order valence-corrected chi connectivity index (χ0v) is 10.4. The van der Waals surface area contributed by atoms with Gasteiger partial charge in [-0.25, -0.2) is 0 Å². The molecule has 2 aromatic rings. The molecule has 1 aliphatic rings. The van der Waals surface area contributed by atoms with Gasteiger partial charge < -0.3 is 9.88 Å². The molecule has 0 saturated carbocycles. The minimum Gasteiger partial charge on any atom is -0.358 e. The van der Waals surface area contributed by atoms with E-state index in [2.05, 4.69) is 4.98 Å². The molecular weight excluding hydrogens is 268 g/mol. The Morgan fingerprint density at radius 1 is 1.35 bits per heavy atom. The number of carbonyl (C=O) groups excluding carboxylic acids is 1. The average molecular weight is 278 g/mol. The molecule has 1 amide bonds. The van der Waals surface area contributed by atoms with Crippen molar-refractivity contribution in [1.82, 2.24) is 9.88 Å². The SMILES string of the molecule is [B]C(=O)N1CCc2[nH]c3ccc(C(F)(F)F)cc3c2C1. The van der Waals surface area contributed by atoms with Crippen molar-refractivity contribution in [2.45, 2.75) is 19.1 Å². The molecule has 2 heterocycles. The summed E-state index contributed by atoms with van der Waals surface area (Å²) in [4.78, 5) is 15.7. The van der Waals surface area contributed by atoms with Crippen LogP contribution in [0.5, 0.6) is 0 Å². The smallest absolute Gasteiger partial charge is 0.358 e. The van der Waals surface area contributed by atoms with Crippen molar-refractivity contribution in [2.24, 2.45) is 0 Å². The van der Waals surface area contributed by atoms with Gasteiger partial charge in [-0.05, 0) is 18.2 Å². The number of alkyl halides is 3. The van der Waals surface area contributed by atoms with Gasteiger partial charge in [0.25, 0.3) is 0 Å². The van der Waals surface area contributed by atoms with E-state index in [1.807, 2.05) is 0 Å². The summed E-state index contributed by atoms with van der Waals surface area (Å²) in [7, 11) is 5.23. The van der Waals surface area contributed by atoms with Gasteiger partial charge in [0.15, 0.2) is 5.81 Å². The summed E-state index contributed by atoms with van der Waals surface area (Å²) in [5.41, 5.74) is 1.55. The van der Waals surface area contributed by atoms with E-state index in [1.165, 1.54) is 11.0 Å². The molecule has 0 spiro atoms. The molecule has 0 saturated heterocycles. The second kappa shape index (κ2) is 4.29. The molecular formula is C13H10BF3N2O. The molecule has 1 aliphatic heterocycles. The molecule has 1 aromatic heterocycles. The fourth-order valence-corrected chi connectivity index (χ4v) is 2.58. The predicted molar refractivity (Wildman–Crippen MR) is 68.6 cm³/mol. The molecule has 1 N–H and O–H groups in total. The molecule has 2 radical (unpaired) electrons. The number of nitrogens with one attached hydrogen (secondary N) is 1. The molecule has 3 nitrogen and oxygen atoms in total. The van der Waals surface area contributed by atoms with Crippen LogP contribution in [0.4, 0.5) is 18.0 Å². The Balaban J connectivity index is 2.11. The number of aromatic amines is 1. The lowest BCUT2D eigenvalue weighted by Crippen LogP contribution is -2.34. The summed E-state index contributed by atoms with van der Waals surface area (Å²) in [6, 6.07) is 3.59. The lowest BCUT2D eigenvalue weighted by molar-refractivity contribution is -0.137. The van der Waals surface area contributed by atoms with Gasteiger partial charge in [-0.15, -0.1) is 0 Å². The Labute approximate surface area is 114 Å². The Kier molecular flexibility index (Phi) is 2.81. The summed E-state index contributed by atoms with van der Waals surface area (Å²) in [5, 5.41) is 0.501. The summed E-state index contributed by atoms with van der Waals surface area (Å²) >= 11 is 0. The van der Waals surface area contributed by atoms with E-state index in [9.17, 15) is 18.0 Å². The van der Waals surface area contributed by atoms with Gasteiger partial charge >= 0.3 is 6.18 Å². The molecule has 0 aliphatic carbocycles. The standard InChI is InChI=1S/C13H10BF3N2O/c14-12(20)19-4-3-11-9(6-19)8-5-7(13(15,16)17)1-2-10(8)18-11/h1-2,5,18H,3-4,6H2. The van der Waals surface area contributed by atoms with Crippen molar-refractivity contribution >= 4 is 24.6 Å². The van der Waals surface area contributed by atoms with E-state index < -0.39 is 17.5 Å². The number of nitrogens with zero attached hydrogens (tertiary/aromatic N) is 1. The summed E-state index contributed by atoms with van der Waals surface area (Å²) in [6.45, 7) is 0.716. The first-order chi connectivity index (χ1) is 9.36. The highest BCUT2D eigenvalue weighted by molar-refractivity contribution is 6.56. The Hall–Kier alpha value is -1.92. The monoisotopic (exact) mass is 278 g/mol. The van der Waals surface area contributed by atoms with Crippen LogP contribution in [0, 0.1) is 0 Å². The molecule has 0 unspecified atom stereocenters. The van der Waals surface area contributed by atoms with Crippen molar-refractivity contribution in [2.75, 3.05) is 6.54 Å². The van der Waals surface area contributed by atoms with Crippen LogP contribution in [-0.2, 0) is 19.1 Å². The number of amides is 1. The minimum atomic E-state index is -4.38. The first kappa shape index (κ1) is 13.1.